The predicted octanol–water partition coefficient (Wildman–Crippen LogP) is -0.881. The molecule has 4 aromatic rings. The Labute approximate surface area is 449 Å². The first kappa shape index (κ1) is 63.1. The van der Waals surface area contributed by atoms with Gasteiger partial charge in [0.05, 0.1) is 45.7 Å². The zero-order valence-electron chi connectivity index (χ0n) is 42.0. The molecule has 19 heteroatoms. The summed E-state index contributed by atoms with van der Waals surface area (Å²) in [7, 11) is 1.95. The van der Waals surface area contributed by atoms with Crippen LogP contribution in [-0.2, 0) is 36.9 Å². The van der Waals surface area contributed by atoms with E-state index in [9.17, 15) is 29.4 Å². The van der Waals surface area contributed by atoms with Gasteiger partial charge in [-0.1, -0.05) is 72.2 Å². The second-order valence-electron chi connectivity index (χ2n) is 16.0. The number of aliphatic hydroxyl groups excluding tert-OH is 2. The minimum atomic E-state index is -1.26. The van der Waals surface area contributed by atoms with Gasteiger partial charge >= 0.3 is 35.5 Å². The SMILES string of the molecule is COC(=O)[C@@H](NC(=O)c1ccc(/C=C\C#Cc2ccc(CN3CCOCC3)cc2)cc1)[C@@H](C)O.C[C@@H](O)[C@H](NC(=O)c1ccc(/C=C\C#Cc2ccc(CN3CCOCC3)cc2)cc1)C(=O)NO.C[O-].NO.[Na+]. The van der Waals surface area contributed by atoms with Gasteiger partial charge in [0, 0.05) is 61.5 Å². The maximum Gasteiger partial charge on any atom is 1.00 e. The zero-order valence-corrected chi connectivity index (χ0v) is 44.0. The number of amides is 3. The maximum absolute atomic E-state index is 12.4. The zero-order chi connectivity index (χ0) is 52.7. The molecule has 0 saturated carbocycles. The average Bonchev–Trinajstić information content (AvgIpc) is 3.42. The van der Waals surface area contributed by atoms with Crippen LogP contribution in [0.1, 0.15) is 67.9 Å². The van der Waals surface area contributed by atoms with Crippen LogP contribution in [0.5, 0.6) is 0 Å². The summed E-state index contributed by atoms with van der Waals surface area (Å²) >= 11 is 0. The van der Waals surface area contributed by atoms with Gasteiger partial charge in [-0.2, -0.15) is 7.11 Å². The number of carbonyl (C=O) groups is 4. The van der Waals surface area contributed by atoms with Gasteiger partial charge in [0.25, 0.3) is 17.7 Å². The topological polar surface area (TPSA) is 269 Å². The number of methoxy groups -OCH3 is 1. The number of nitrogens with one attached hydrogen (secondary N) is 3. The second-order valence-corrected chi connectivity index (χ2v) is 16.0. The fraction of sp³-hybridized carbons (Fsp3) is 0.333. The van der Waals surface area contributed by atoms with Gasteiger partial charge < -0.3 is 45.4 Å². The monoisotopic (exact) mass is 1010 g/mol. The van der Waals surface area contributed by atoms with Crippen molar-refractivity contribution in [1.82, 2.24) is 25.9 Å². The Morgan fingerprint density at radius 2 is 1.00 bits per heavy atom. The Kier molecular flexibility index (Phi) is 31.1. The van der Waals surface area contributed by atoms with E-state index in [0.717, 1.165) is 95.1 Å². The van der Waals surface area contributed by atoms with Crippen molar-refractivity contribution in [3.8, 4) is 23.7 Å². The van der Waals surface area contributed by atoms with Crippen LogP contribution in [0.25, 0.3) is 12.2 Å². The third kappa shape index (κ3) is 23.2. The summed E-state index contributed by atoms with van der Waals surface area (Å²) in [5.41, 5.74) is 8.25. The minimum Gasteiger partial charge on any atom is -0.857 e. The standard InChI is InChI=1S/C27H30N2O5.C26H29N3O5.CH3O.H3NO.Na/c1-20(30)25(27(32)33-2)28-26(31)24-13-11-22(12-14-24)6-4-3-5-21-7-9-23(10-8-21)19-29-15-17-34-18-16-29;1-19(30)24(26(32)28-33)27-25(31)23-12-10-21(11-13-23)5-3-2-4-20-6-8-22(9-7-20)18-29-14-16-34-17-15-29;2*1-2;/h4,6-14,20,25,30H,15-19H2,1-2H3,(H,28,31);3,5-13,19,24,30,33H,14-18H2,1H3,(H,27,31)(H,28,32);1H3;2H,1H2;/q;;-1;;+1/b6-4-;5-3-;;;/t20-,25+;19-,24+;;;/m11.../s1. The Bertz CT molecular complexity index is 2280. The number of nitrogens with two attached hydrogens (primary N) is 1. The molecule has 73 heavy (non-hydrogen) atoms. The van der Waals surface area contributed by atoms with Crippen LogP contribution in [0, 0.1) is 23.7 Å². The maximum atomic E-state index is 12.4. The van der Waals surface area contributed by atoms with E-state index in [0.29, 0.717) is 11.1 Å². The molecule has 2 fully saturated rings. The first-order chi connectivity index (χ1) is 34.9. The molecule has 2 aliphatic rings. The van der Waals surface area contributed by atoms with Crippen molar-refractivity contribution in [2.24, 2.45) is 5.90 Å². The van der Waals surface area contributed by atoms with Crippen molar-refractivity contribution < 1.29 is 88.7 Å². The average molecular weight is 1010 g/mol. The summed E-state index contributed by atoms with van der Waals surface area (Å²) in [5.74, 6) is 13.2. The fourth-order valence-corrected chi connectivity index (χ4v) is 6.87. The number of aliphatic hydroxyl groups is 2. The molecule has 4 atom stereocenters. The van der Waals surface area contributed by atoms with Gasteiger partial charge in [-0.3, -0.25) is 29.4 Å². The number of hydrogen-bond acceptors (Lipinski definition) is 15. The molecule has 4 aromatic carbocycles. The normalized spacial score (nSPS) is 14.8. The summed E-state index contributed by atoms with van der Waals surface area (Å²) in [6, 6.07) is 27.7. The molecule has 0 aromatic heterocycles. The van der Waals surface area contributed by atoms with Crippen molar-refractivity contribution in [2.75, 3.05) is 66.8 Å². The third-order valence-electron chi connectivity index (χ3n) is 10.8. The largest absolute Gasteiger partial charge is 1.00 e. The van der Waals surface area contributed by atoms with E-state index in [-0.39, 0.29) is 29.6 Å². The fourth-order valence-electron chi connectivity index (χ4n) is 6.87. The molecule has 2 heterocycles. The smallest absolute Gasteiger partial charge is 0.857 e. The number of nitrogens with zero attached hydrogens (tertiary/aromatic N) is 2. The van der Waals surface area contributed by atoms with Crippen LogP contribution in [0.3, 0.4) is 0 Å². The third-order valence-corrected chi connectivity index (χ3v) is 10.8. The first-order valence-electron chi connectivity index (χ1n) is 22.9. The number of morpholine rings is 2. The molecule has 0 radical (unpaired) electrons. The van der Waals surface area contributed by atoms with Crippen LogP contribution in [0.15, 0.2) is 109 Å². The number of allylic oxidation sites excluding steroid dienone is 2. The molecule has 9 N–H and O–H groups in total. The molecular weight excluding hydrogens is 948 g/mol. The van der Waals surface area contributed by atoms with Gasteiger partial charge in [-0.25, -0.2) is 16.2 Å². The summed E-state index contributed by atoms with van der Waals surface area (Å²) in [4.78, 5) is 52.7. The van der Waals surface area contributed by atoms with Crippen LogP contribution in [0.4, 0.5) is 0 Å². The molecule has 0 bridgehead atoms. The van der Waals surface area contributed by atoms with Crippen molar-refractivity contribution in [3.63, 3.8) is 0 Å². The predicted molar refractivity (Wildman–Crippen MR) is 269 cm³/mol. The van der Waals surface area contributed by atoms with Gasteiger partial charge in [0.15, 0.2) is 6.04 Å². The summed E-state index contributed by atoms with van der Waals surface area (Å²) in [6.45, 7) is 11.6. The van der Waals surface area contributed by atoms with Crippen molar-refractivity contribution in [2.45, 2.75) is 51.2 Å². The van der Waals surface area contributed by atoms with Gasteiger partial charge in [0.2, 0.25) is 0 Å². The molecule has 2 aliphatic heterocycles. The Morgan fingerprint density at radius 1 is 0.644 bits per heavy atom. The van der Waals surface area contributed by atoms with E-state index in [2.05, 4.69) is 79.0 Å². The van der Waals surface area contributed by atoms with Crippen LogP contribution in [0.2, 0.25) is 0 Å². The van der Waals surface area contributed by atoms with Crippen LogP contribution in [-0.4, -0.2) is 145 Å². The molecule has 18 nitrogen and oxygen atoms in total. The molecule has 3 amide bonds. The quantitative estimate of drug-likeness (QED) is 0.0251. The number of hydroxylamine groups is 1. The van der Waals surface area contributed by atoms with Crippen LogP contribution >= 0.6 is 0 Å². The van der Waals surface area contributed by atoms with Crippen molar-refractivity contribution in [1.29, 1.82) is 0 Å². The number of esters is 1. The van der Waals surface area contributed by atoms with E-state index < -0.39 is 48.0 Å². The molecule has 384 valence electrons. The molecule has 0 aliphatic carbocycles. The molecule has 0 unspecified atom stereocenters. The van der Waals surface area contributed by atoms with E-state index >= 15 is 0 Å². The van der Waals surface area contributed by atoms with Crippen molar-refractivity contribution in [3.05, 3.63) is 154 Å². The van der Waals surface area contributed by atoms with E-state index in [1.165, 1.54) is 37.6 Å². The first-order valence-corrected chi connectivity index (χ1v) is 22.9. The van der Waals surface area contributed by atoms with Crippen molar-refractivity contribution >= 4 is 35.8 Å². The summed E-state index contributed by atoms with van der Waals surface area (Å²) in [6.07, 6.45) is 4.95. The summed E-state index contributed by atoms with van der Waals surface area (Å²) < 4.78 is 15.4. The molecule has 6 rings (SSSR count). The van der Waals surface area contributed by atoms with E-state index in [1.54, 1.807) is 60.7 Å². The number of ether oxygens (including phenoxy) is 3. The van der Waals surface area contributed by atoms with Gasteiger partial charge in [-0.05, 0) is 109 Å². The Morgan fingerprint density at radius 3 is 1.33 bits per heavy atom. The van der Waals surface area contributed by atoms with E-state index in [4.69, 9.17) is 25.0 Å². The minimum absolute atomic E-state index is 0. The van der Waals surface area contributed by atoms with Gasteiger partial charge in [-0.15, -0.1) is 0 Å². The Hall–Kier alpha value is -6.04. The number of rotatable bonds is 14. The van der Waals surface area contributed by atoms with E-state index in [1.807, 2.05) is 36.4 Å². The summed E-state index contributed by atoms with van der Waals surface area (Å²) in [5, 5.41) is 47.7. The number of carbonyl (C=O) groups excluding carboxylic acids is 4. The number of benzene rings is 4. The molecule has 0 spiro atoms. The Balaban J connectivity index is 0.000000462. The van der Waals surface area contributed by atoms with Crippen LogP contribution < -0.4 is 56.7 Å². The van der Waals surface area contributed by atoms with Gasteiger partial charge in [0.1, 0.15) is 6.04 Å². The second kappa shape index (κ2) is 36.0. The number of hydrogen-bond donors (Lipinski definition) is 8. The molecular formula is C54H65N6NaO12. The molecule has 2 saturated heterocycles.